The molecule has 194 valence electrons. The number of sulfonamides is 1. The van der Waals surface area contributed by atoms with E-state index < -0.39 is 10.0 Å². The summed E-state index contributed by atoms with van der Waals surface area (Å²) in [6.07, 6.45) is 0. The second kappa shape index (κ2) is 12.1. The molecular formula is C28H36N2O5S. The van der Waals surface area contributed by atoms with E-state index in [0.717, 1.165) is 35.5 Å². The van der Waals surface area contributed by atoms with Gasteiger partial charge < -0.3 is 19.1 Å². The summed E-state index contributed by atoms with van der Waals surface area (Å²) in [6.45, 7) is 8.27. The van der Waals surface area contributed by atoms with Gasteiger partial charge in [-0.25, -0.2) is 8.42 Å². The van der Waals surface area contributed by atoms with Crippen LogP contribution >= 0.6 is 0 Å². The van der Waals surface area contributed by atoms with Crippen LogP contribution in [0.4, 0.5) is 5.69 Å². The molecule has 7 nitrogen and oxygen atoms in total. The first-order valence-electron chi connectivity index (χ1n) is 12.0. The molecule has 0 spiro atoms. The van der Waals surface area contributed by atoms with Gasteiger partial charge >= 0.3 is 0 Å². The van der Waals surface area contributed by atoms with Crippen molar-refractivity contribution >= 4 is 15.7 Å². The molecule has 3 aromatic carbocycles. The molecule has 0 atom stereocenters. The Hall–Kier alpha value is -3.23. The zero-order chi connectivity index (χ0) is 26.3. The molecule has 0 saturated heterocycles. The first kappa shape index (κ1) is 27.4. The van der Waals surface area contributed by atoms with Crippen LogP contribution in [0.3, 0.4) is 0 Å². The first-order valence-corrected chi connectivity index (χ1v) is 13.4. The molecule has 8 heteroatoms. The molecule has 0 bridgehead atoms. The number of methoxy groups -OCH3 is 3. The Balaban J connectivity index is 2.03. The van der Waals surface area contributed by atoms with E-state index in [0.29, 0.717) is 17.2 Å². The summed E-state index contributed by atoms with van der Waals surface area (Å²) in [5.74, 6) is 1.41. The maximum atomic E-state index is 13.8. The standard InChI is InChI=1S/C28H36N2O5S/c1-7-29(8-2)24-14-12-22(13-15-24)19-30(36(31,32)25-11-9-10-21(3)16-25)20-23-17-26(33-4)28(35-6)27(18-23)34-5/h9-18H,7-8,19-20H2,1-6H3. The number of nitrogens with zero attached hydrogens (tertiary/aromatic N) is 2. The lowest BCUT2D eigenvalue weighted by Crippen LogP contribution is -2.30. The second-order valence-electron chi connectivity index (χ2n) is 8.46. The zero-order valence-electron chi connectivity index (χ0n) is 21.9. The Morgan fingerprint density at radius 2 is 1.33 bits per heavy atom. The molecule has 0 aliphatic carbocycles. The number of ether oxygens (including phenoxy) is 3. The minimum atomic E-state index is -3.80. The molecule has 0 aliphatic rings. The summed E-state index contributed by atoms with van der Waals surface area (Å²) in [5, 5.41) is 0. The van der Waals surface area contributed by atoms with E-state index in [4.69, 9.17) is 14.2 Å². The predicted molar refractivity (Wildman–Crippen MR) is 144 cm³/mol. The highest BCUT2D eigenvalue weighted by molar-refractivity contribution is 7.89. The van der Waals surface area contributed by atoms with Crippen molar-refractivity contribution in [3.8, 4) is 17.2 Å². The third kappa shape index (κ3) is 6.12. The highest BCUT2D eigenvalue weighted by Gasteiger charge is 2.26. The number of aryl methyl sites for hydroxylation is 1. The minimum Gasteiger partial charge on any atom is -0.493 e. The zero-order valence-corrected chi connectivity index (χ0v) is 22.8. The van der Waals surface area contributed by atoms with Crippen molar-refractivity contribution in [3.05, 3.63) is 77.4 Å². The van der Waals surface area contributed by atoms with E-state index in [-0.39, 0.29) is 18.0 Å². The smallest absolute Gasteiger partial charge is 0.243 e. The molecule has 36 heavy (non-hydrogen) atoms. The van der Waals surface area contributed by atoms with Gasteiger partial charge in [0.15, 0.2) is 11.5 Å². The molecular weight excluding hydrogens is 476 g/mol. The molecule has 0 heterocycles. The van der Waals surface area contributed by atoms with Crippen molar-refractivity contribution in [2.75, 3.05) is 39.3 Å². The van der Waals surface area contributed by atoms with Crippen molar-refractivity contribution in [1.29, 1.82) is 0 Å². The maximum Gasteiger partial charge on any atom is 0.243 e. The Morgan fingerprint density at radius 1 is 0.750 bits per heavy atom. The van der Waals surface area contributed by atoms with Crippen LogP contribution in [0.2, 0.25) is 0 Å². The van der Waals surface area contributed by atoms with Gasteiger partial charge in [0.25, 0.3) is 0 Å². The summed E-state index contributed by atoms with van der Waals surface area (Å²) >= 11 is 0. The molecule has 0 N–H and O–H groups in total. The third-order valence-electron chi connectivity index (χ3n) is 6.13. The molecule has 0 unspecified atom stereocenters. The van der Waals surface area contributed by atoms with Crippen LogP contribution in [0.15, 0.2) is 65.6 Å². The summed E-state index contributed by atoms with van der Waals surface area (Å²) in [6, 6.07) is 18.6. The highest BCUT2D eigenvalue weighted by atomic mass is 32.2. The van der Waals surface area contributed by atoms with Crippen LogP contribution in [0.5, 0.6) is 17.2 Å². The molecule has 0 fully saturated rings. The van der Waals surface area contributed by atoms with E-state index in [1.165, 1.54) is 11.4 Å². The topological polar surface area (TPSA) is 68.3 Å². The quantitative estimate of drug-likeness (QED) is 0.330. The van der Waals surface area contributed by atoms with Crippen molar-refractivity contribution in [2.24, 2.45) is 0 Å². The van der Waals surface area contributed by atoms with E-state index in [1.807, 2.05) is 37.3 Å². The average Bonchev–Trinajstić information content (AvgIpc) is 2.89. The Morgan fingerprint density at radius 3 is 1.83 bits per heavy atom. The number of benzene rings is 3. The van der Waals surface area contributed by atoms with Crippen molar-refractivity contribution in [2.45, 2.75) is 38.8 Å². The van der Waals surface area contributed by atoms with Gasteiger partial charge in [-0.05, 0) is 73.9 Å². The van der Waals surface area contributed by atoms with Crippen LogP contribution in [0.1, 0.15) is 30.5 Å². The number of rotatable bonds is 12. The van der Waals surface area contributed by atoms with Gasteiger partial charge in [0.1, 0.15) is 0 Å². The van der Waals surface area contributed by atoms with E-state index in [2.05, 4.69) is 18.7 Å². The lowest BCUT2D eigenvalue weighted by atomic mass is 10.1. The summed E-state index contributed by atoms with van der Waals surface area (Å²) in [4.78, 5) is 2.51. The van der Waals surface area contributed by atoms with Gasteiger partial charge in [0.2, 0.25) is 15.8 Å². The second-order valence-corrected chi connectivity index (χ2v) is 10.4. The number of anilines is 1. The number of hydrogen-bond acceptors (Lipinski definition) is 6. The average molecular weight is 513 g/mol. The molecule has 0 aliphatic heterocycles. The molecule has 0 radical (unpaired) electrons. The molecule has 0 saturated carbocycles. The van der Waals surface area contributed by atoms with Crippen LogP contribution in [-0.2, 0) is 23.1 Å². The molecule has 3 rings (SSSR count). The minimum absolute atomic E-state index is 0.130. The predicted octanol–water partition coefficient (Wildman–Crippen LogP) is 5.26. The van der Waals surface area contributed by atoms with Crippen molar-refractivity contribution in [1.82, 2.24) is 4.31 Å². The third-order valence-corrected chi connectivity index (χ3v) is 7.92. The van der Waals surface area contributed by atoms with E-state index in [1.54, 1.807) is 44.6 Å². The van der Waals surface area contributed by atoms with Gasteiger partial charge in [0.05, 0.1) is 26.2 Å². The fourth-order valence-electron chi connectivity index (χ4n) is 4.19. The van der Waals surface area contributed by atoms with Gasteiger partial charge in [-0.3, -0.25) is 0 Å². The summed E-state index contributed by atoms with van der Waals surface area (Å²) in [5.41, 5.74) is 3.61. The van der Waals surface area contributed by atoms with Crippen LogP contribution in [0, 0.1) is 6.92 Å². The summed E-state index contributed by atoms with van der Waals surface area (Å²) in [7, 11) is 0.820. The fourth-order valence-corrected chi connectivity index (χ4v) is 5.71. The maximum absolute atomic E-state index is 13.8. The highest BCUT2D eigenvalue weighted by Crippen LogP contribution is 2.39. The van der Waals surface area contributed by atoms with Crippen molar-refractivity contribution in [3.63, 3.8) is 0 Å². The van der Waals surface area contributed by atoms with Crippen LogP contribution < -0.4 is 19.1 Å². The molecule has 0 amide bonds. The normalized spacial score (nSPS) is 11.4. The van der Waals surface area contributed by atoms with E-state index in [9.17, 15) is 8.42 Å². The fraction of sp³-hybridized carbons (Fsp3) is 0.357. The van der Waals surface area contributed by atoms with Gasteiger partial charge in [-0.15, -0.1) is 0 Å². The summed E-state index contributed by atoms with van der Waals surface area (Å²) < 4.78 is 45.5. The van der Waals surface area contributed by atoms with Gasteiger partial charge in [-0.1, -0.05) is 24.3 Å². The van der Waals surface area contributed by atoms with Gasteiger partial charge in [0, 0.05) is 31.9 Å². The van der Waals surface area contributed by atoms with Crippen molar-refractivity contribution < 1.29 is 22.6 Å². The molecule has 0 aromatic heterocycles. The van der Waals surface area contributed by atoms with Gasteiger partial charge in [-0.2, -0.15) is 4.31 Å². The van der Waals surface area contributed by atoms with Crippen LogP contribution in [-0.4, -0.2) is 47.1 Å². The lowest BCUT2D eigenvalue weighted by molar-refractivity contribution is 0.322. The Kier molecular flexibility index (Phi) is 9.23. The SMILES string of the molecule is CCN(CC)c1ccc(CN(Cc2cc(OC)c(OC)c(OC)c2)S(=O)(=O)c2cccc(C)c2)cc1. The lowest BCUT2D eigenvalue weighted by Gasteiger charge is -2.25. The monoisotopic (exact) mass is 512 g/mol. The Bertz CT molecular complexity index is 1230. The number of hydrogen-bond donors (Lipinski definition) is 0. The first-order chi connectivity index (χ1) is 17.3. The largest absolute Gasteiger partial charge is 0.493 e. The van der Waals surface area contributed by atoms with Crippen LogP contribution in [0.25, 0.3) is 0 Å². The Labute approximate surface area is 215 Å². The van der Waals surface area contributed by atoms with E-state index >= 15 is 0 Å². The molecule has 3 aromatic rings.